The van der Waals surface area contributed by atoms with Crippen LogP contribution in [-0.2, 0) is 18.3 Å². The van der Waals surface area contributed by atoms with Gasteiger partial charge in [0.1, 0.15) is 0 Å². The zero-order valence-corrected chi connectivity index (χ0v) is 27.9. The van der Waals surface area contributed by atoms with Gasteiger partial charge in [-0.25, -0.2) is 0 Å². The van der Waals surface area contributed by atoms with Gasteiger partial charge in [-0.2, -0.15) is 0 Å². The van der Waals surface area contributed by atoms with Gasteiger partial charge in [-0.15, -0.1) is 0 Å². The summed E-state index contributed by atoms with van der Waals surface area (Å²) >= 11 is 2.84. The van der Waals surface area contributed by atoms with Crippen molar-refractivity contribution in [2.75, 3.05) is 0 Å². The molecule has 0 bridgehead atoms. The van der Waals surface area contributed by atoms with E-state index in [1.54, 1.807) is 0 Å². The molecule has 1 aliphatic carbocycles. The summed E-state index contributed by atoms with van der Waals surface area (Å²) < 4.78 is 1.36. The summed E-state index contributed by atoms with van der Waals surface area (Å²) in [5.41, 5.74) is 0. The van der Waals surface area contributed by atoms with Crippen LogP contribution in [0.4, 0.5) is 0 Å². The van der Waals surface area contributed by atoms with E-state index in [-0.39, 0.29) is 0 Å². The maximum Gasteiger partial charge on any atom is -0.0134 e. The van der Waals surface area contributed by atoms with Gasteiger partial charge in [0, 0.05) is 0 Å². The van der Waals surface area contributed by atoms with Gasteiger partial charge in [0.05, 0.1) is 0 Å². The van der Waals surface area contributed by atoms with Gasteiger partial charge < -0.3 is 0 Å². The molecule has 0 saturated carbocycles. The second kappa shape index (κ2) is 17.5. The van der Waals surface area contributed by atoms with Gasteiger partial charge in [-0.05, 0) is 47.7 Å². The monoisotopic (exact) mass is 692 g/mol. The first-order valence-electron chi connectivity index (χ1n) is 14.7. The molecule has 0 radical (unpaired) electrons. The van der Waals surface area contributed by atoms with Crippen molar-refractivity contribution in [3.05, 3.63) is 204 Å². The minimum Gasteiger partial charge on any atom is -0.0622 e. The Morgan fingerprint density at radius 1 is 0.341 bits per heavy atom. The van der Waals surface area contributed by atoms with E-state index in [4.69, 9.17) is 0 Å². The average Bonchev–Trinajstić information content (AvgIpc) is 3.59. The van der Waals surface area contributed by atoms with Crippen molar-refractivity contribution >= 4 is 47.7 Å². The summed E-state index contributed by atoms with van der Waals surface area (Å²) in [4.78, 5) is 0. The summed E-state index contributed by atoms with van der Waals surface area (Å²) in [6.07, 6.45) is 7.41. The third-order valence-corrected chi connectivity index (χ3v) is 12.3. The molecule has 0 aliphatic heterocycles. The van der Waals surface area contributed by atoms with E-state index in [1.165, 1.54) is 36.0 Å². The largest absolute Gasteiger partial charge is 0.0622 e. The van der Waals surface area contributed by atoms with Crippen LogP contribution in [0.25, 0.3) is 0 Å². The molecule has 7 rings (SSSR count). The van der Waals surface area contributed by atoms with E-state index in [9.17, 15) is 0 Å². The summed E-state index contributed by atoms with van der Waals surface area (Å²) in [5, 5.41) is 8.39. The van der Waals surface area contributed by atoms with E-state index in [1.807, 2.05) is 0 Å². The molecule has 1 aliphatic rings. The Morgan fingerprint density at radius 3 is 0.705 bits per heavy atom. The Balaban J connectivity index is 0.000000147. The number of hydrogen-bond acceptors (Lipinski definition) is 0. The smallest absolute Gasteiger partial charge is 0.0134 e. The molecule has 0 amide bonds. The molecule has 44 heavy (non-hydrogen) atoms. The minimum atomic E-state index is -0.446. The van der Waals surface area contributed by atoms with Gasteiger partial charge >= 0.3 is 47.1 Å². The molecule has 0 heterocycles. The molecule has 3 heteroatoms. The van der Waals surface area contributed by atoms with Crippen molar-refractivity contribution in [1.29, 1.82) is 0 Å². The second-order valence-corrected chi connectivity index (χ2v) is 15.4. The van der Waals surface area contributed by atoms with Crippen molar-refractivity contribution in [3.63, 3.8) is 0 Å². The molecular weight excluding hydrogens is 657 g/mol. The van der Waals surface area contributed by atoms with E-state index >= 15 is 0 Å². The topological polar surface area (TPSA) is 0 Å². The first-order valence-corrected chi connectivity index (χ1v) is 18.2. The van der Waals surface area contributed by atoms with Crippen molar-refractivity contribution in [1.82, 2.24) is 0 Å². The summed E-state index contributed by atoms with van der Waals surface area (Å²) in [7, 11) is -0.892. The normalized spacial score (nSPS) is 11.7. The van der Waals surface area contributed by atoms with E-state index in [0.717, 1.165) is 6.42 Å². The molecule has 0 nitrogen and oxygen atoms in total. The van der Waals surface area contributed by atoms with Crippen molar-refractivity contribution in [3.8, 4) is 0 Å². The Bertz CT molecular complexity index is 1400. The second-order valence-electron chi connectivity index (χ2n) is 9.90. The zero-order chi connectivity index (χ0) is 30.2. The predicted octanol–water partition coefficient (Wildman–Crippen LogP) is 8.27. The maximum absolute atomic E-state index is 2.84. The Hall–Kier alpha value is -3.72. The van der Waals surface area contributed by atoms with Crippen LogP contribution in [0.2, 0.25) is 0 Å². The third kappa shape index (κ3) is 9.39. The first kappa shape index (κ1) is 31.7. The SMILES string of the molecule is [Rh][C]1=CC=CC1.c1ccc(P(c2ccccc2)c2ccccc2)cc1.c1ccc(P(c2ccccc2)c2ccccc2)cc1. The number of rotatable bonds is 6. The molecule has 218 valence electrons. The van der Waals surface area contributed by atoms with Crippen molar-refractivity contribution < 1.29 is 18.3 Å². The van der Waals surface area contributed by atoms with Crippen molar-refractivity contribution in [2.24, 2.45) is 0 Å². The summed E-state index contributed by atoms with van der Waals surface area (Å²) in [6, 6.07) is 64.7. The zero-order valence-electron chi connectivity index (χ0n) is 24.5. The summed E-state index contributed by atoms with van der Waals surface area (Å²) in [6.45, 7) is 0. The third-order valence-electron chi connectivity index (χ3n) is 6.80. The standard InChI is InChI=1S/2C18H15P.C5H5.Rh/c2*1-4-10-16(11-5-1)19(17-12-6-2-7-13-17)18-14-8-3-9-15-18;1-2-4-5-3-1;/h2*1-15H;1-3H,4H2;. The van der Waals surface area contributed by atoms with Gasteiger partial charge in [0.2, 0.25) is 0 Å². The molecule has 0 N–H and O–H groups in total. The van der Waals surface area contributed by atoms with Crippen LogP contribution in [0, 0.1) is 0 Å². The quantitative estimate of drug-likeness (QED) is 0.122. The molecule has 0 unspecified atom stereocenters. The Labute approximate surface area is 275 Å². The predicted molar refractivity (Wildman–Crippen MR) is 192 cm³/mol. The molecule has 0 atom stereocenters. The van der Waals surface area contributed by atoms with E-state index in [2.05, 4.69) is 219 Å². The molecule has 0 fully saturated rings. The Morgan fingerprint density at radius 2 is 0.568 bits per heavy atom. The van der Waals surface area contributed by atoms with Gasteiger partial charge in [0.15, 0.2) is 0 Å². The molecular formula is C41H35P2Rh. The van der Waals surface area contributed by atoms with Crippen molar-refractivity contribution in [2.45, 2.75) is 6.42 Å². The molecule has 0 aromatic heterocycles. The summed E-state index contributed by atoms with van der Waals surface area (Å²) in [5.74, 6) is 0. The molecule has 0 spiro atoms. The van der Waals surface area contributed by atoms with Crippen LogP contribution in [0.15, 0.2) is 204 Å². The van der Waals surface area contributed by atoms with Crippen LogP contribution in [0.1, 0.15) is 6.42 Å². The van der Waals surface area contributed by atoms with Crippen LogP contribution in [0.3, 0.4) is 0 Å². The van der Waals surface area contributed by atoms with Crippen LogP contribution < -0.4 is 31.8 Å². The van der Waals surface area contributed by atoms with E-state index in [0.29, 0.717) is 0 Å². The molecule has 0 saturated heterocycles. The number of benzene rings is 6. The molecule has 6 aromatic rings. The Kier molecular flexibility index (Phi) is 12.6. The fraction of sp³-hybridized carbons (Fsp3) is 0.0244. The van der Waals surface area contributed by atoms with E-state index < -0.39 is 15.8 Å². The molecule has 6 aromatic carbocycles. The number of allylic oxidation sites excluding steroid dienone is 4. The maximum atomic E-state index is 2.84. The van der Waals surface area contributed by atoms with Gasteiger partial charge in [-0.3, -0.25) is 0 Å². The average molecular weight is 693 g/mol. The van der Waals surface area contributed by atoms with Gasteiger partial charge in [0.25, 0.3) is 0 Å². The minimum absolute atomic E-state index is 0.446. The van der Waals surface area contributed by atoms with Crippen LogP contribution in [0.5, 0.6) is 0 Å². The van der Waals surface area contributed by atoms with Crippen LogP contribution in [-0.4, -0.2) is 0 Å². The van der Waals surface area contributed by atoms with Crippen LogP contribution >= 0.6 is 15.8 Å². The fourth-order valence-electron chi connectivity index (χ4n) is 4.77. The first-order chi connectivity index (χ1) is 21.8. The number of hydrogen-bond donors (Lipinski definition) is 0. The van der Waals surface area contributed by atoms with Gasteiger partial charge in [-0.1, -0.05) is 182 Å². The fourth-order valence-corrected chi connectivity index (χ4v) is 9.73.